The minimum atomic E-state index is -0.884. The van der Waals surface area contributed by atoms with Gasteiger partial charge in [-0.3, -0.25) is 0 Å². The zero-order valence-electron chi connectivity index (χ0n) is 15.6. The fraction of sp³-hybridized carbons (Fsp3) is 0.619. The molecule has 1 fully saturated rings. The fourth-order valence-electron chi connectivity index (χ4n) is 2.56. The highest BCUT2D eigenvalue weighted by molar-refractivity contribution is 5.49. The second-order valence-corrected chi connectivity index (χ2v) is 7.57. The molecular weight excluding hydrogens is 316 g/mol. The predicted molar refractivity (Wildman–Crippen MR) is 97.3 cm³/mol. The number of allylic oxidation sites excluding steroid dienone is 4. The summed E-state index contributed by atoms with van der Waals surface area (Å²) in [6.07, 6.45) is 5.61. The van der Waals surface area contributed by atoms with Gasteiger partial charge < -0.3 is 19.7 Å². The molecule has 0 radical (unpaired) electrons. The zero-order chi connectivity index (χ0) is 18.5. The lowest BCUT2D eigenvalue weighted by atomic mass is 9.92. The van der Waals surface area contributed by atoms with Crippen LogP contribution in [0.3, 0.4) is 0 Å². The topological polar surface area (TPSA) is 58.9 Å². The van der Waals surface area contributed by atoms with Crippen LogP contribution in [0.1, 0.15) is 47.0 Å². The van der Waals surface area contributed by atoms with Crippen molar-refractivity contribution in [2.45, 2.75) is 65.0 Å². The van der Waals surface area contributed by atoms with E-state index in [4.69, 9.17) is 9.47 Å². The first-order valence-corrected chi connectivity index (χ1v) is 8.77. The van der Waals surface area contributed by atoms with Gasteiger partial charge in [0, 0.05) is 11.0 Å². The molecule has 2 N–H and O–H groups in total. The van der Waals surface area contributed by atoms with Gasteiger partial charge in [-0.2, -0.15) is 0 Å². The molecule has 4 heteroatoms. The standard InChI is InChI=1S/C21H28O4/c1-20(2,15-22)13-7-10-16-8-5-6-9-17(16)11-12-18(23)19-14-24-21(3,4)25-19/h9-10,18-19,22-23H,5-6,8,14-15H2,1-4H3/b16-10-/t18?,19-/m1/s1. The van der Waals surface area contributed by atoms with Crippen LogP contribution in [0.25, 0.3) is 0 Å². The van der Waals surface area contributed by atoms with Crippen molar-refractivity contribution in [3.63, 3.8) is 0 Å². The number of hydrogen-bond donors (Lipinski definition) is 2. The quantitative estimate of drug-likeness (QED) is 0.756. The van der Waals surface area contributed by atoms with Gasteiger partial charge in [-0.05, 0) is 58.6 Å². The third kappa shape index (κ3) is 6.03. The van der Waals surface area contributed by atoms with Crippen molar-refractivity contribution in [1.29, 1.82) is 0 Å². The smallest absolute Gasteiger partial charge is 0.163 e. The molecular formula is C21H28O4. The van der Waals surface area contributed by atoms with Gasteiger partial charge in [0.15, 0.2) is 5.79 Å². The van der Waals surface area contributed by atoms with Gasteiger partial charge in [-0.15, -0.1) is 0 Å². The number of aliphatic hydroxyl groups excluding tert-OH is 2. The molecule has 1 saturated heterocycles. The summed E-state index contributed by atoms with van der Waals surface area (Å²) in [5, 5.41) is 19.5. The van der Waals surface area contributed by atoms with Crippen molar-refractivity contribution in [2.24, 2.45) is 5.41 Å². The highest BCUT2D eigenvalue weighted by Gasteiger charge is 2.36. The highest BCUT2D eigenvalue weighted by atomic mass is 16.7. The van der Waals surface area contributed by atoms with E-state index < -0.39 is 23.4 Å². The van der Waals surface area contributed by atoms with E-state index in [0.29, 0.717) is 6.61 Å². The van der Waals surface area contributed by atoms with E-state index in [-0.39, 0.29) is 6.61 Å². The van der Waals surface area contributed by atoms with Crippen LogP contribution < -0.4 is 0 Å². The van der Waals surface area contributed by atoms with Crippen LogP contribution in [-0.4, -0.2) is 41.4 Å². The van der Waals surface area contributed by atoms with Crippen LogP contribution in [-0.2, 0) is 9.47 Å². The summed E-state index contributed by atoms with van der Waals surface area (Å²) in [5.74, 6) is 11.4. The molecule has 2 aliphatic rings. The van der Waals surface area contributed by atoms with Crippen molar-refractivity contribution in [3.8, 4) is 23.7 Å². The van der Waals surface area contributed by atoms with E-state index in [9.17, 15) is 10.2 Å². The first kappa shape index (κ1) is 19.8. The minimum Gasteiger partial charge on any atom is -0.395 e. The van der Waals surface area contributed by atoms with Crippen LogP contribution >= 0.6 is 0 Å². The van der Waals surface area contributed by atoms with Gasteiger partial charge in [0.05, 0.1) is 13.2 Å². The van der Waals surface area contributed by atoms with Crippen LogP contribution in [0.2, 0.25) is 0 Å². The Balaban J connectivity index is 2.08. The summed E-state index contributed by atoms with van der Waals surface area (Å²) in [6, 6.07) is 0. The Bertz CT molecular complexity index is 661. The minimum absolute atomic E-state index is 0.0255. The molecule has 0 amide bonds. The first-order valence-electron chi connectivity index (χ1n) is 8.77. The lowest BCUT2D eigenvalue weighted by Gasteiger charge is -2.18. The van der Waals surface area contributed by atoms with Gasteiger partial charge in [0.1, 0.15) is 12.2 Å². The van der Waals surface area contributed by atoms with Gasteiger partial charge >= 0.3 is 0 Å². The molecule has 0 aromatic carbocycles. The van der Waals surface area contributed by atoms with E-state index in [2.05, 4.69) is 29.8 Å². The van der Waals surface area contributed by atoms with Crippen LogP contribution in [0.4, 0.5) is 0 Å². The second kappa shape index (κ2) is 8.21. The summed E-state index contributed by atoms with van der Waals surface area (Å²) in [5.41, 5.74) is 1.58. The Hall–Kier alpha value is -1.56. The van der Waals surface area contributed by atoms with Crippen molar-refractivity contribution in [1.82, 2.24) is 0 Å². The molecule has 2 rings (SSSR count). The highest BCUT2D eigenvalue weighted by Crippen LogP contribution is 2.25. The summed E-state index contributed by atoms with van der Waals surface area (Å²) in [4.78, 5) is 0. The molecule has 0 aromatic heterocycles. The number of ether oxygens (including phenoxy) is 2. The van der Waals surface area contributed by atoms with Gasteiger partial charge in [0.25, 0.3) is 0 Å². The summed E-state index contributed by atoms with van der Waals surface area (Å²) < 4.78 is 11.1. The molecule has 1 aliphatic heterocycles. The molecule has 0 spiro atoms. The van der Waals surface area contributed by atoms with E-state index >= 15 is 0 Å². The molecule has 2 atom stereocenters. The van der Waals surface area contributed by atoms with E-state index in [1.165, 1.54) is 0 Å². The van der Waals surface area contributed by atoms with E-state index in [1.807, 2.05) is 33.8 Å². The van der Waals surface area contributed by atoms with Crippen LogP contribution in [0.15, 0.2) is 23.3 Å². The molecule has 4 nitrogen and oxygen atoms in total. The van der Waals surface area contributed by atoms with Crippen molar-refractivity contribution < 1.29 is 19.7 Å². The first-order chi connectivity index (χ1) is 11.7. The lowest BCUT2D eigenvalue weighted by Crippen LogP contribution is -2.29. The van der Waals surface area contributed by atoms with Gasteiger partial charge in [-0.1, -0.05) is 29.8 Å². The number of rotatable bonds is 2. The molecule has 25 heavy (non-hydrogen) atoms. The predicted octanol–water partition coefficient (Wildman–Crippen LogP) is 2.56. The van der Waals surface area contributed by atoms with Gasteiger partial charge in [-0.25, -0.2) is 0 Å². The molecule has 1 aliphatic carbocycles. The Morgan fingerprint density at radius 1 is 1.44 bits per heavy atom. The molecule has 0 aromatic rings. The van der Waals surface area contributed by atoms with Gasteiger partial charge in [0.2, 0.25) is 0 Å². The molecule has 1 unspecified atom stereocenters. The van der Waals surface area contributed by atoms with Crippen molar-refractivity contribution >= 4 is 0 Å². The van der Waals surface area contributed by atoms with Crippen LogP contribution in [0, 0.1) is 29.1 Å². The van der Waals surface area contributed by atoms with Crippen molar-refractivity contribution in [2.75, 3.05) is 13.2 Å². The second-order valence-electron chi connectivity index (χ2n) is 7.57. The fourth-order valence-corrected chi connectivity index (χ4v) is 2.56. The molecule has 0 bridgehead atoms. The summed E-state index contributed by atoms with van der Waals surface area (Å²) >= 11 is 0. The maximum absolute atomic E-state index is 10.2. The maximum Gasteiger partial charge on any atom is 0.163 e. The third-order valence-electron chi connectivity index (χ3n) is 4.13. The largest absolute Gasteiger partial charge is 0.395 e. The SMILES string of the molecule is CC(C)(C#C/C=C1/CCCC=C1C#CC(O)[C@H]1COC(C)(C)O1)CO. The lowest BCUT2D eigenvalue weighted by molar-refractivity contribution is -0.146. The molecule has 0 saturated carbocycles. The Morgan fingerprint density at radius 2 is 2.20 bits per heavy atom. The zero-order valence-corrected chi connectivity index (χ0v) is 15.6. The Labute approximate surface area is 150 Å². The van der Waals surface area contributed by atoms with E-state index in [0.717, 1.165) is 30.4 Å². The molecule has 136 valence electrons. The Kier molecular flexibility index (Phi) is 6.49. The normalized spacial score (nSPS) is 25.4. The summed E-state index contributed by atoms with van der Waals surface area (Å²) in [6.45, 7) is 7.81. The third-order valence-corrected chi connectivity index (χ3v) is 4.13. The maximum atomic E-state index is 10.2. The molecule has 1 heterocycles. The van der Waals surface area contributed by atoms with E-state index in [1.54, 1.807) is 0 Å². The van der Waals surface area contributed by atoms with Crippen LogP contribution in [0.5, 0.6) is 0 Å². The Morgan fingerprint density at radius 3 is 2.84 bits per heavy atom. The number of aliphatic hydroxyl groups is 2. The summed E-state index contributed by atoms with van der Waals surface area (Å²) in [7, 11) is 0. The van der Waals surface area contributed by atoms with Crippen molar-refractivity contribution in [3.05, 3.63) is 23.3 Å². The monoisotopic (exact) mass is 344 g/mol. The average Bonchev–Trinajstić information content (AvgIpc) is 2.93. The number of hydrogen-bond acceptors (Lipinski definition) is 4. The average molecular weight is 344 g/mol.